The van der Waals surface area contributed by atoms with Crippen LogP contribution in [0.25, 0.3) is 0 Å². The van der Waals surface area contributed by atoms with Crippen molar-refractivity contribution in [1.82, 2.24) is 5.32 Å². The van der Waals surface area contributed by atoms with E-state index in [1.54, 1.807) is 12.5 Å². The van der Waals surface area contributed by atoms with Crippen LogP contribution < -0.4 is 11.1 Å². The molecule has 4 nitrogen and oxygen atoms in total. The highest BCUT2D eigenvalue weighted by Gasteiger charge is 2.21. The molecule has 0 saturated heterocycles. The fourth-order valence-corrected chi connectivity index (χ4v) is 1.04. The van der Waals surface area contributed by atoms with Gasteiger partial charge in [-0.3, -0.25) is 0 Å². The van der Waals surface area contributed by atoms with E-state index in [0.29, 0.717) is 18.5 Å². The summed E-state index contributed by atoms with van der Waals surface area (Å²) >= 11 is 0. The van der Waals surface area contributed by atoms with Gasteiger partial charge in [0.1, 0.15) is 0 Å². The van der Waals surface area contributed by atoms with Crippen LogP contribution in [-0.2, 0) is 6.54 Å². The van der Waals surface area contributed by atoms with Gasteiger partial charge < -0.3 is 15.5 Å². The monoisotopic (exact) mass is 179 g/mol. The Bertz CT molecular complexity index is 288. The molecule has 2 rings (SSSR count). The molecule has 13 heavy (non-hydrogen) atoms. The summed E-state index contributed by atoms with van der Waals surface area (Å²) in [5.41, 5.74) is 6.68. The number of nitrogens with two attached hydrogens (primary N) is 1. The van der Waals surface area contributed by atoms with E-state index in [2.05, 4.69) is 10.3 Å². The zero-order chi connectivity index (χ0) is 9.10. The molecular weight excluding hydrogens is 166 g/mol. The minimum atomic E-state index is 0.531. The second-order valence-corrected chi connectivity index (χ2v) is 3.25. The van der Waals surface area contributed by atoms with Gasteiger partial charge in [-0.2, -0.15) is 0 Å². The van der Waals surface area contributed by atoms with Crippen LogP contribution in [0.2, 0.25) is 0 Å². The van der Waals surface area contributed by atoms with Crippen LogP contribution in [0.3, 0.4) is 0 Å². The lowest BCUT2D eigenvalue weighted by Gasteiger charge is -2.01. The summed E-state index contributed by atoms with van der Waals surface area (Å²) in [5.74, 6) is 0.531. The molecule has 0 spiro atoms. The predicted octanol–water partition coefficient (Wildman–Crippen LogP) is 0.846. The molecule has 0 atom stereocenters. The van der Waals surface area contributed by atoms with Crippen LogP contribution in [0.15, 0.2) is 28.0 Å². The summed E-state index contributed by atoms with van der Waals surface area (Å²) < 4.78 is 4.91. The molecule has 0 bridgehead atoms. The Kier molecular flexibility index (Phi) is 2.21. The van der Waals surface area contributed by atoms with Crippen molar-refractivity contribution in [2.75, 3.05) is 0 Å². The molecule has 1 aliphatic carbocycles. The highest BCUT2D eigenvalue weighted by Crippen LogP contribution is 2.18. The zero-order valence-corrected chi connectivity index (χ0v) is 7.36. The Morgan fingerprint density at radius 1 is 1.69 bits per heavy atom. The van der Waals surface area contributed by atoms with Crippen molar-refractivity contribution in [2.24, 2.45) is 10.7 Å². The van der Waals surface area contributed by atoms with Gasteiger partial charge in [-0.05, 0) is 18.9 Å². The van der Waals surface area contributed by atoms with Crippen LogP contribution in [0.5, 0.6) is 0 Å². The maximum absolute atomic E-state index is 5.64. The van der Waals surface area contributed by atoms with Crippen molar-refractivity contribution in [3.63, 3.8) is 0 Å². The minimum Gasteiger partial charge on any atom is -0.472 e. The minimum absolute atomic E-state index is 0.531. The van der Waals surface area contributed by atoms with E-state index in [0.717, 1.165) is 5.56 Å². The Morgan fingerprint density at radius 3 is 3.15 bits per heavy atom. The molecule has 70 valence electrons. The molecule has 1 aromatic rings. The third kappa shape index (κ3) is 2.50. The Labute approximate surface area is 76.8 Å². The highest BCUT2D eigenvalue weighted by atomic mass is 16.3. The number of aliphatic imine (C=N–C) groups is 1. The van der Waals surface area contributed by atoms with Crippen LogP contribution in [0.4, 0.5) is 0 Å². The molecule has 0 amide bonds. The fraction of sp³-hybridized carbons (Fsp3) is 0.444. The smallest absolute Gasteiger partial charge is 0.189 e. The first kappa shape index (κ1) is 8.16. The van der Waals surface area contributed by atoms with Gasteiger partial charge in [-0.1, -0.05) is 0 Å². The van der Waals surface area contributed by atoms with Crippen molar-refractivity contribution in [2.45, 2.75) is 25.4 Å². The predicted molar refractivity (Wildman–Crippen MR) is 50.2 cm³/mol. The van der Waals surface area contributed by atoms with E-state index in [1.807, 2.05) is 6.07 Å². The molecule has 3 N–H and O–H groups in total. The van der Waals surface area contributed by atoms with E-state index >= 15 is 0 Å². The summed E-state index contributed by atoms with van der Waals surface area (Å²) in [6.07, 6.45) is 5.73. The van der Waals surface area contributed by atoms with Gasteiger partial charge in [-0.15, -0.1) is 0 Å². The Hall–Kier alpha value is -1.45. The van der Waals surface area contributed by atoms with E-state index in [1.165, 1.54) is 12.8 Å². The van der Waals surface area contributed by atoms with Crippen molar-refractivity contribution < 1.29 is 4.42 Å². The molecule has 0 aromatic carbocycles. The molecule has 1 aliphatic rings. The van der Waals surface area contributed by atoms with E-state index < -0.39 is 0 Å². The van der Waals surface area contributed by atoms with Crippen LogP contribution in [-0.4, -0.2) is 12.0 Å². The Morgan fingerprint density at radius 2 is 2.54 bits per heavy atom. The molecule has 1 fully saturated rings. The number of hydrogen-bond donors (Lipinski definition) is 2. The molecular formula is C9H13N3O. The summed E-state index contributed by atoms with van der Waals surface area (Å²) in [6.45, 7) is 0.585. The lowest BCUT2D eigenvalue weighted by Crippen LogP contribution is -2.33. The van der Waals surface area contributed by atoms with Crippen molar-refractivity contribution in [3.8, 4) is 0 Å². The zero-order valence-electron chi connectivity index (χ0n) is 7.36. The summed E-state index contributed by atoms with van der Waals surface area (Å²) in [6, 6.07) is 2.45. The number of nitrogens with zero attached hydrogens (tertiary/aromatic N) is 1. The average molecular weight is 179 g/mol. The molecule has 0 radical (unpaired) electrons. The van der Waals surface area contributed by atoms with Gasteiger partial charge in [0.25, 0.3) is 0 Å². The van der Waals surface area contributed by atoms with Gasteiger partial charge >= 0.3 is 0 Å². The lowest BCUT2D eigenvalue weighted by atomic mass is 10.3. The Balaban J connectivity index is 1.81. The van der Waals surface area contributed by atoms with Gasteiger partial charge in [-0.25, -0.2) is 4.99 Å². The molecule has 1 saturated carbocycles. The molecule has 1 aromatic heterocycles. The molecule has 4 heteroatoms. The second-order valence-electron chi connectivity index (χ2n) is 3.25. The van der Waals surface area contributed by atoms with E-state index in [9.17, 15) is 0 Å². The second kappa shape index (κ2) is 3.51. The van der Waals surface area contributed by atoms with Crippen molar-refractivity contribution >= 4 is 5.96 Å². The fourth-order valence-electron chi connectivity index (χ4n) is 1.04. The number of guanidine groups is 1. The SMILES string of the molecule is NC(=NCc1ccoc1)NC1CC1. The quantitative estimate of drug-likeness (QED) is 0.534. The topological polar surface area (TPSA) is 63.5 Å². The number of furan rings is 1. The lowest BCUT2D eigenvalue weighted by molar-refractivity contribution is 0.564. The number of rotatable bonds is 3. The average Bonchev–Trinajstić information content (AvgIpc) is 2.78. The molecule has 1 heterocycles. The van der Waals surface area contributed by atoms with E-state index in [-0.39, 0.29) is 0 Å². The number of nitrogens with one attached hydrogen (secondary N) is 1. The van der Waals surface area contributed by atoms with Crippen molar-refractivity contribution in [3.05, 3.63) is 24.2 Å². The van der Waals surface area contributed by atoms with E-state index in [4.69, 9.17) is 10.2 Å². The third-order valence-corrected chi connectivity index (χ3v) is 1.94. The highest BCUT2D eigenvalue weighted by molar-refractivity contribution is 5.78. The maximum Gasteiger partial charge on any atom is 0.189 e. The molecule has 0 unspecified atom stereocenters. The molecule has 0 aliphatic heterocycles. The standard InChI is InChI=1S/C9H13N3O/c10-9(12-8-1-2-8)11-5-7-3-4-13-6-7/h3-4,6,8H,1-2,5H2,(H3,10,11,12). The largest absolute Gasteiger partial charge is 0.472 e. The van der Waals surface area contributed by atoms with Gasteiger partial charge in [0.15, 0.2) is 5.96 Å². The maximum atomic E-state index is 5.64. The summed E-state index contributed by atoms with van der Waals surface area (Å²) in [5, 5.41) is 3.11. The van der Waals surface area contributed by atoms with Gasteiger partial charge in [0.2, 0.25) is 0 Å². The first-order valence-corrected chi connectivity index (χ1v) is 4.42. The van der Waals surface area contributed by atoms with Crippen LogP contribution in [0.1, 0.15) is 18.4 Å². The first-order valence-electron chi connectivity index (χ1n) is 4.42. The van der Waals surface area contributed by atoms with Gasteiger partial charge in [0, 0.05) is 11.6 Å². The van der Waals surface area contributed by atoms with Crippen LogP contribution >= 0.6 is 0 Å². The third-order valence-electron chi connectivity index (χ3n) is 1.94. The normalized spacial score (nSPS) is 17.4. The van der Waals surface area contributed by atoms with Gasteiger partial charge in [0.05, 0.1) is 19.1 Å². The summed E-state index contributed by atoms with van der Waals surface area (Å²) in [7, 11) is 0. The van der Waals surface area contributed by atoms with Crippen LogP contribution in [0, 0.1) is 0 Å². The summed E-state index contributed by atoms with van der Waals surface area (Å²) in [4.78, 5) is 4.17. The van der Waals surface area contributed by atoms with Crippen molar-refractivity contribution in [1.29, 1.82) is 0 Å². The number of hydrogen-bond acceptors (Lipinski definition) is 2. The first-order chi connectivity index (χ1) is 6.34.